The maximum atomic E-state index is 13.7. The van der Waals surface area contributed by atoms with Gasteiger partial charge in [0.1, 0.15) is 10.9 Å². The maximum absolute atomic E-state index is 13.7. The Morgan fingerprint density at radius 3 is 2.53 bits per heavy atom. The van der Waals surface area contributed by atoms with Gasteiger partial charge in [0.15, 0.2) is 0 Å². The summed E-state index contributed by atoms with van der Waals surface area (Å²) in [6.45, 7) is 0. The van der Waals surface area contributed by atoms with E-state index in [9.17, 15) is 13.3 Å². The van der Waals surface area contributed by atoms with Gasteiger partial charge in [0.25, 0.3) is 0 Å². The number of hydrogen-bond acceptors (Lipinski definition) is 3. The van der Waals surface area contributed by atoms with Gasteiger partial charge in [-0.2, -0.15) is 14.0 Å². The van der Waals surface area contributed by atoms with E-state index in [1.807, 2.05) is 6.07 Å². The van der Waals surface area contributed by atoms with Crippen molar-refractivity contribution in [3.05, 3.63) is 33.1 Å². The molecule has 1 heterocycles. The lowest BCUT2D eigenvalue weighted by molar-refractivity contribution is 0.0559. The van der Waals surface area contributed by atoms with Gasteiger partial charge in [0.2, 0.25) is 0 Å². The third-order valence-electron chi connectivity index (χ3n) is 2.41. The first kappa shape index (κ1) is 14.6. The van der Waals surface area contributed by atoms with Crippen LogP contribution in [0.1, 0.15) is 10.4 Å². The standard InChI is InChI=1S/C10H5BrF2NO3PS/c11-8-3-9-5(1-6(4-14)19-9)2-7(8)10(12,13)18(15,16)17/h1-3H,(H2,15,16,17). The second-order valence-electron chi connectivity index (χ2n) is 3.68. The molecule has 100 valence electrons. The Morgan fingerprint density at radius 1 is 1.37 bits per heavy atom. The minimum Gasteiger partial charge on any atom is -0.320 e. The van der Waals surface area contributed by atoms with Gasteiger partial charge in [-0.05, 0) is 23.6 Å². The normalized spacial score (nSPS) is 12.6. The zero-order valence-corrected chi connectivity index (χ0v) is 12.3. The van der Waals surface area contributed by atoms with Crippen molar-refractivity contribution in [2.75, 3.05) is 0 Å². The Hall–Kier alpha value is -0.840. The van der Waals surface area contributed by atoms with Crippen molar-refractivity contribution in [2.45, 2.75) is 5.66 Å². The largest absolute Gasteiger partial charge is 0.399 e. The minimum absolute atomic E-state index is 0.111. The Balaban J connectivity index is 2.72. The van der Waals surface area contributed by atoms with Gasteiger partial charge in [-0.1, -0.05) is 15.9 Å². The number of alkyl halides is 2. The van der Waals surface area contributed by atoms with Crippen molar-refractivity contribution >= 4 is 44.9 Å². The number of nitriles is 1. The highest BCUT2D eigenvalue weighted by Gasteiger charge is 2.51. The maximum Gasteiger partial charge on any atom is 0.399 e. The highest BCUT2D eigenvalue weighted by molar-refractivity contribution is 9.10. The molecule has 1 aromatic heterocycles. The molecule has 0 aliphatic carbocycles. The van der Waals surface area contributed by atoms with E-state index in [1.54, 1.807) is 0 Å². The number of nitrogens with zero attached hydrogens (tertiary/aromatic N) is 1. The minimum atomic E-state index is -5.62. The summed E-state index contributed by atoms with van der Waals surface area (Å²) in [5, 5.41) is 9.08. The smallest absolute Gasteiger partial charge is 0.320 e. The number of fused-ring (bicyclic) bond motifs is 1. The highest BCUT2D eigenvalue weighted by Crippen LogP contribution is 2.60. The van der Waals surface area contributed by atoms with Crippen LogP contribution in [-0.4, -0.2) is 9.79 Å². The lowest BCUT2D eigenvalue weighted by Crippen LogP contribution is -2.14. The van der Waals surface area contributed by atoms with E-state index < -0.39 is 18.8 Å². The van der Waals surface area contributed by atoms with Crippen LogP contribution in [0.5, 0.6) is 0 Å². The van der Waals surface area contributed by atoms with Gasteiger partial charge in [-0.3, -0.25) is 4.57 Å². The van der Waals surface area contributed by atoms with Crippen LogP contribution in [0.4, 0.5) is 8.78 Å². The fourth-order valence-corrected chi connectivity index (χ4v) is 3.78. The molecule has 0 aliphatic heterocycles. The average molecular weight is 368 g/mol. The van der Waals surface area contributed by atoms with Gasteiger partial charge in [0.05, 0.1) is 0 Å². The molecule has 0 unspecified atom stereocenters. The van der Waals surface area contributed by atoms with Gasteiger partial charge >= 0.3 is 13.3 Å². The molecular weight excluding hydrogens is 363 g/mol. The molecular formula is C10H5BrF2NO3PS. The summed E-state index contributed by atoms with van der Waals surface area (Å²) in [6.07, 6.45) is 0. The summed E-state index contributed by atoms with van der Waals surface area (Å²) >= 11 is 3.99. The van der Waals surface area contributed by atoms with Crippen molar-refractivity contribution in [2.24, 2.45) is 0 Å². The first-order chi connectivity index (χ1) is 8.66. The third-order valence-corrected chi connectivity index (χ3v) is 5.04. The van der Waals surface area contributed by atoms with Crippen molar-refractivity contribution in [1.29, 1.82) is 5.26 Å². The van der Waals surface area contributed by atoms with Crippen molar-refractivity contribution in [3.8, 4) is 6.07 Å². The van der Waals surface area contributed by atoms with Crippen LogP contribution in [0.2, 0.25) is 0 Å². The summed E-state index contributed by atoms with van der Waals surface area (Å²) in [6, 6.07) is 5.58. The molecule has 0 amide bonds. The van der Waals surface area contributed by atoms with Crippen LogP contribution in [-0.2, 0) is 10.2 Å². The lowest BCUT2D eigenvalue weighted by Gasteiger charge is -2.19. The highest BCUT2D eigenvalue weighted by atomic mass is 79.9. The molecule has 0 fully saturated rings. The van der Waals surface area contributed by atoms with Crippen LogP contribution in [0.25, 0.3) is 10.1 Å². The van der Waals surface area contributed by atoms with Crippen LogP contribution >= 0.6 is 34.9 Å². The molecule has 1 aromatic carbocycles. The number of benzene rings is 1. The summed E-state index contributed by atoms with van der Waals surface area (Å²) < 4.78 is 38.7. The summed E-state index contributed by atoms with van der Waals surface area (Å²) in [5.41, 5.74) is -5.08. The Labute approximate surface area is 118 Å². The van der Waals surface area contributed by atoms with E-state index in [1.165, 1.54) is 12.1 Å². The van der Waals surface area contributed by atoms with Crippen LogP contribution in [0.3, 0.4) is 0 Å². The SMILES string of the molecule is N#Cc1cc2cc(C(F)(F)P(=O)(O)O)c(Br)cc2s1. The molecule has 0 radical (unpaired) electrons. The van der Waals surface area contributed by atoms with E-state index in [2.05, 4.69) is 15.9 Å². The van der Waals surface area contributed by atoms with Gasteiger partial charge in [0, 0.05) is 14.7 Å². The number of thiophene rings is 1. The molecule has 0 saturated carbocycles. The van der Waals surface area contributed by atoms with E-state index in [0.717, 1.165) is 17.4 Å². The molecule has 0 spiro atoms. The molecule has 2 N–H and O–H groups in total. The molecule has 19 heavy (non-hydrogen) atoms. The molecule has 0 aliphatic rings. The molecule has 0 saturated heterocycles. The summed E-state index contributed by atoms with van der Waals surface area (Å²) in [5.74, 6) is 0. The zero-order valence-electron chi connectivity index (χ0n) is 8.97. The monoisotopic (exact) mass is 367 g/mol. The van der Waals surface area contributed by atoms with Crippen LogP contribution in [0.15, 0.2) is 22.7 Å². The van der Waals surface area contributed by atoms with Crippen LogP contribution < -0.4 is 0 Å². The fourth-order valence-electron chi connectivity index (χ4n) is 1.50. The van der Waals surface area contributed by atoms with Crippen molar-refractivity contribution in [3.63, 3.8) is 0 Å². The molecule has 2 aromatic rings. The average Bonchev–Trinajstić information content (AvgIpc) is 2.68. The molecule has 9 heteroatoms. The topological polar surface area (TPSA) is 81.3 Å². The van der Waals surface area contributed by atoms with Crippen molar-refractivity contribution < 1.29 is 23.1 Å². The first-order valence-electron chi connectivity index (χ1n) is 4.74. The van der Waals surface area contributed by atoms with Gasteiger partial charge in [-0.15, -0.1) is 11.3 Å². The Kier molecular flexibility index (Phi) is 3.54. The molecule has 2 rings (SSSR count). The first-order valence-corrected chi connectivity index (χ1v) is 7.96. The third kappa shape index (κ3) is 2.45. The fraction of sp³-hybridized carbons (Fsp3) is 0.100. The number of halogens is 3. The van der Waals surface area contributed by atoms with E-state index in [-0.39, 0.29) is 4.47 Å². The van der Waals surface area contributed by atoms with E-state index in [0.29, 0.717) is 15.0 Å². The van der Waals surface area contributed by atoms with E-state index in [4.69, 9.17) is 15.0 Å². The second kappa shape index (κ2) is 4.62. The van der Waals surface area contributed by atoms with Gasteiger partial charge < -0.3 is 9.79 Å². The molecule has 4 nitrogen and oxygen atoms in total. The summed E-state index contributed by atoms with van der Waals surface area (Å²) in [7, 11) is -5.62. The van der Waals surface area contributed by atoms with Crippen LogP contribution in [0, 0.1) is 11.3 Å². The predicted octanol–water partition coefficient (Wildman–Crippen LogP) is 3.76. The Morgan fingerprint density at radius 2 is 2.00 bits per heavy atom. The van der Waals surface area contributed by atoms with Gasteiger partial charge in [-0.25, -0.2) is 0 Å². The second-order valence-corrected chi connectivity index (χ2v) is 7.27. The zero-order chi connectivity index (χ0) is 14.4. The summed E-state index contributed by atoms with van der Waals surface area (Å²) in [4.78, 5) is 17.8. The number of rotatable bonds is 2. The molecule has 0 atom stereocenters. The Bertz CT molecular complexity index is 749. The predicted molar refractivity (Wildman–Crippen MR) is 70.2 cm³/mol. The van der Waals surface area contributed by atoms with Crippen molar-refractivity contribution in [1.82, 2.24) is 0 Å². The number of hydrogen-bond donors (Lipinski definition) is 2. The molecule has 0 bridgehead atoms. The quantitative estimate of drug-likeness (QED) is 0.791. The van der Waals surface area contributed by atoms with E-state index >= 15 is 0 Å². The lowest BCUT2D eigenvalue weighted by atomic mass is 10.1.